The number of benzene rings is 4. The number of carbonyl (C=O) groups is 1. The minimum Gasteiger partial charge on any atom is -0.479 e. The zero-order chi connectivity index (χ0) is 31.5. The molecule has 0 fully saturated rings. The number of carboxylic acid groups (broad SMARTS) is 1. The van der Waals surface area contributed by atoms with Gasteiger partial charge in [-0.05, 0) is 66.6 Å². The van der Waals surface area contributed by atoms with Gasteiger partial charge in [-0.25, -0.2) is 4.79 Å². The Kier molecular flexibility index (Phi) is 11.3. The highest BCUT2D eigenvalue weighted by Crippen LogP contribution is 2.29. The van der Waals surface area contributed by atoms with Gasteiger partial charge in [0, 0.05) is 18.8 Å². The molecular formula is C31H27F6NO5. The maximum Gasteiger partial charge on any atom is 0.573 e. The normalized spacial score (nSPS) is 11.9. The van der Waals surface area contributed by atoms with E-state index in [0.29, 0.717) is 16.8 Å². The van der Waals surface area contributed by atoms with E-state index in [4.69, 9.17) is 9.84 Å². The van der Waals surface area contributed by atoms with Crippen molar-refractivity contribution >= 4 is 11.7 Å². The fraction of sp³-hybridized carbons (Fsp3) is 0.194. The molecule has 1 N–H and O–H groups in total. The van der Waals surface area contributed by atoms with Crippen molar-refractivity contribution in [1.82, 2.24) is 0 Å². The molecule has 0 radical (unpaired) electrons. The van der Waals surface area contributed by atoms with Crippen LogP contribution < -0.4 is 19.1 Å². The lowest BCUT2D eigenvalue weighted by molar-refractivity contribution is -0.275. The third-order valence-corrected chi connectivity index (χ3v) is 5.54. The zero-order valence-electron chi connectivity index (χ0n) is 22.7. The van der Waals surface area contributed by atoms with E-state index in [2.05, 4.69) is 9.47 Å². The van der Waals surface area contributed by atoms with E-state index in [1.54, 1.807) is 29.2 Å². The third-order valence-electron chi connectivity index (χ3n) is 5.54. The molecule has 4 aromatic rings. The molecule has 0 heterocycles. The van der Waals surface area contributed by atoms with Gasteiger partial charge in [-0.3, -0.25) is 0 Å². The van der Waals surface area contributed by atoms with E-state index in [9.17, 15) is 31.1 Å². The topological polar surface area (TPSA) is 68.2 Å². The highest BCUT2D eigenvalue weighted by Gasteiger charge is 2.32. The first-order valence-electron chi connectivity index (χ1n) is 12.7. The number of hydrogen-bond acceptors (Lipinski definition) is 5. The summed E-state index contributed by atoms with van der Waals surface area (Å²) in [7, 11) is 0. The summed E-state index contributed by atoms with van der Waals surface area (Å²) in [6.45, 7) is 1.48. The predicted octanol–water partition coefficient (Wildman–Crippen LogP) is 8.23. The summed E-state index contributed by atoms with van der Waals surface area (Å²) in [4.78, 5) is 12.7. The highest BCUT2D eigenvalue weighted by atomic mass is 19.4. The maximum absolute atomic E-state index is 12.6. The molecule has 0 aliphatic heterocycles. The fourth-order valence-corrected chi connectivity index (χ4v) is 3.74. The van der Waals surface area contributed by atoms with Crippen LogP contribution in [-0.2, 0) is 17.9 Å². The van der Waals surface area contributed by atoms with Gasteiger partial charge in [0.2, 0.25) is 0 Å². The molecule has 0 saturated carbocycles. The molecule has 43 heavy (non-hydrogen) atoms. The van der Waals surface area contributed by atoms with Crippen molar-refractivity contribution in [3.05, 3.63) is 120 Å². The molecular weight excluding hydrogens is 580 g/mol. The van der Waals surface area contributed by atoms with Crippen LogP contribution in [0.25, 0.3) is 0 Å². The Morgan fingerprint density at radius 2 is 1.09 bits per heavy atom. The minimum atomic E-state index is -4.87. The molecule has 0 spiro atoms. The van der Waals surface area contributed by atoms with E-state index >= 15 is 0 Å². The molecule has 0 amide bonds. The SMILES string of the molecule is CC(Oc1ccc(N(Cc2cccc(OC(F)(F)F)c2)Cc2cccc(OC(F)(F)F)c2)cc1)C(=O)O.c1ccccc1. The molecule has 1 unspecified atom stereocenters. The van der Waals surface area contributed by atoms with E-state index < -0.39 is 36.3 Å². The quantitative estimate of drug-likeness (QED) is 0.183. The number of halogens is 6. The summed E-state index contributed by atoms with van der Waals surface area (Å²) in [5.41, 5.74) is 1.41. The van der Waals surface area contributed by atoms with Crippen LogP contribution in [0.2, 0.25) is 0 Å². The second-order valence-corrected chi connectivity index (χ2v) is 8.99. The van der Waals surface area contributed by atoms with Crippen molar-refractivity contribution in [2.75, 3.05) is 4.90 Å². The van der Waals surface area contributed by atoms with Crippen molar-refractivity contribution in [2.45, 2.75) is 38.8 Å². The van der Waals surface area contributed by atoms with Crippen LogP contribution in [0.5, 0.6) is 17.2 Å². The average Bonchev–Trinajstić information content (AvgIpc) is 2.93. The lowest BCUT2D eigenvalue weighted by Gasteiger charge is -2.26. The van der Waals surface area contributed by atoms with Crippen molar-refractivity contribution in [3.8, 4) is 17.2 Å². The summed E-state index contributed by atoms with van der Waals surface area (Å²) in [6, 6.07) is 28.8. The number of rotatable bonds is 10. The van der Waals surface area contributed by atoms with Crippen LogP contribution in [0.3, 0.4) is 0 Å². The average molecular weight is 608 g/mol. The molecule has 4 aromatic carbocycles. The Labute approximate surface area is 243 Å². The zero-order valence-corrected chi connectivity index (χ0v) is 22.7. The smallest absolute Gasteiger partial charge is 0.479 e. The van der Waals surface area contributed by atoms with Crippen molar-refractivity contribution in [2.24, 2.45) is 0 Å². The third kappa shape index (κ3) is 12.3. The summed E-state index contributed by atoms with van der Waals surface area (Å²) in [5, 5.41) is 9.01. The fourth-order valence-electron chi connectivity index (χ4n) is 3.74. The van der Waals surface area contributed by atoms with Gasteiger partial charge >= 0.3 is 18.7 Å². The van der Waals surface area contributed by atoms with Crippen LogP contribution in [0.1, 0.15) is 18.1 Å². The molecule has 228 valence electrons. The largest absolute Gasteiger partial charge is 0.573 e. The number of carboxylic acids is 1. The van der Waals surface area contributed by atoms with Gasteiger partial charge in [0.05, 0.1) is 0 Å². The van der Waals surface area contributed by atoms with Crippen LogP contribution in [-0.4, -0.2) is 29.9 Å². The van der Waals surface area contributed by atoms with E-state index in [1.165, 1.54) is 43.3 Å². The number of aliphatic carboxylic acids is 1. The van der Waals surface area contributed by atoms with Crippen molar-refractivity contribution < 1.29 is 50.5 Å². The molecule has 0 saturated heterocycles. The Hall–Kier alpha value is -4.87. The summed E-state index contributed by atoms with van der Waals surface area (Å²) in [6.07, 6.45) is -10.9. The molecule has 12 heteroatoms. The first-order valence-corrected chi connectivity index (χ1v) is 12.7. The van der Waals surface area contributed by atoms with Gasteiger partial charge in [0.1, 0.15) is 17.2 Å². The maximum atomic E-state index is 12.6. The second-order valence-electron chi connectivity index (χ2n) is 8.99. The minimum absolute atomic E-state index is 0.0607. The Bertz CT molecular complexity index is 1340. The number of ether oxygens (including phenoxy) is 3. The Morgan fingerprint density at radius 1 is 0.674 bits per heavy atom. The monoisotopic (exact) mass is 607 g/mol. The van der Waals surface area contributed by atoms with Crippen LogP contribution in [0.4, 0.5) is 32.0 Å². The lowest BCUT2D eigenvalue weighted by atomic mass is 10.1. The van der Waals surface area contributed by atoms with Gasteiger partial charge in [-0.1, -0.05) is 60.7 Å². The van der Waals surface area contributed by atoms with Gasteiger partial charge in [0.25, 0.3) is 0 Å². The van der Waals surface area contributed by atoms with Crippen molar-refractivity contribution in [3.63, 3.8) is 0 Å². The molecule has 0 bridgehead atoms. The first kappa shape index (κ1) is 32.6. The van der Waals surface area contributed by atoms with Gasteiger partial charge in [-0.2, -0.15) is 0 Å². The highest BCUT2D eigenvalue weighted by molar-refractivity contribution is 5.72. The van der Waals surface area contributed by atoms with E-state index in [1.807, 2.05) is 36.4 Å². The van der Waals surface area contributed by atoms with Crippen LogP contribution in [0.15, 0.2) is 109 Å². The van der Waals surface area contributed by atoms with Crippen molar-refractivity contribution in [1.29, 1.82) is 0 Å². The second kappa shape index (κ2) is 14.9. The standard InChI is InChI=1S/C25H21F6NO5.C6H6/c1-16(23(33)34)35-20-10-8-19(9-11-20)32(14-17-4-2-6-21(12-17)36-24(26,27)28)15-18-5-3-7-22(13-18)37-25(29,30)31;1-2-4-6-5-3-1/h2-13,16H,14-15H2,1H3,(H,33,34);1-6H. The first-order chi connectivity index (χ1) is 20.3. The molecule has 0 aliphatic rings. The summed E-state index contributed by atoms with van der Waals surface area (Å²) in [5.74, 6) is -1.73. The van der Waals surface area contributed by atoms with Gasteiger partial charge in [-0.15, -0.1) is 26.3 Å². The summed E-state index contributed by atoms with van der Waals surface area (Å²) >= 11 is 0. The number of anilines is 1. The number of hydrogen-bond donors (Lipinski definition) is 1. The van der Waals surface area contributed by atoms with Gasteiger partial charge < -0.3 is 24.2 Å². The molecule has 6 nitrogen and oxygen atoms in total. The van der Waals surface area contributed by atoms with E-state index in [0.717, 1.165) is 12.1 Å². The van der Waals surface area contributed by atoms with Gasteiger partial charge in [0.15, 0.2) is 6.10 Å². The number of nitrogens with zero attached hydrogens (tertiary/aromatic N) is 1. The molecule has 1 atom stereocenters. The Morgan fingerprint density at radius 3 is 1.47 bits per heavy atom. The van der Waals surface area contributed by atoms with E-state index in [-0.39, 0.29) is 18.8 Å². The lowest BCUT2D eigenvalue weighted by Crippen LogP contribution is -2.24. The summed E-state index contributed by atoms with van der Waals surface area (Å²) < 4.78 is 89.1. The van der Waals surface area contributed by atoms with Crippen LogP contribution in [0, 0.1) is 0 Å². The Balaban J connectivity index is 0.000000749. The number of alkyl halides is 6. The predicted molar refractivity (Wildman–Crippen MR) is 147 cm³/mol. The molecule has 0 aromatic heterocycles. The molecule has 0 aliphatic carbocycles. The van der Waals surface area contributed by atoms with Crippen LogP contribution >= 0.6 is 0 Å². The molecule has 4 rings (SSSR count).